The molecule has 2 aromatic rings. The van der Waals surface area contributed by atoms with Crippen molar-refractivity contribution in [3.8, 4) is 10.6 Å². The Balaban J connectivity index is 2.00. The van der Waals surface area contributed by atoms with Gasteiger partial charge in [-0.1, -0.05) is 18.2 Å². The van der Waals surface area contributed by atoms with E-state index in [9.17, 15) is 0 Å². The first-order chi connectivity index (χ1) is 7.93. The van der Waals surface area contributed by atoms with Crippen molar-refractivity contribution >= 4 is 28.1 Å². The maximum absolute atomic E-state index is 4.49. The zero-order valence-electron chi connectivity index (χ0n) is 8.59. The van der Waals surface area contributed by atoms with Gasteiger partial charge in [0.2, 0.25) is 0 Å². The Morgan fingerprint density at radius 1 is 1.19 bits per heavy atom. The van der Waals surface area contributed by atoms with E-state index in [4.69, 9.17) is 0 Å². The van der Waals surface area contributed by atoms with Crippen LogP contribution >= 0.6 is 23.1 Å². The van der Waals surface area contributed by atoms with E-state index < -0.39 is 0 Å². The smallest absolute Gasteiger partial charge is 0.123 e. The van der Waals surface area contributed by atoms with Crippen LogP contribution in [0.3, 0.4) is 0 Å². The first-order valence-corrected chi connectivity index (χ1v) is 6.97. The van der Waals surface area contributed by atoms with Crippen molar-refractivity contribution < 1.29 is 0 Å². The van der Waals surface area contributed by atoms with E-state index in [1.807, 2.05) is 23.3 Å². The van der Waals surface area contributed by atoms with Gasteiger partial charge in [0.05, 0.1) is 5.04 Å². The van der Waals surface area contributed by atoms with Gasteiger partial charge in [-0.3, -0.25) is 4.99 Å². The molecule has 0 N–H and O–H groups in total. The van der Waals surface area contributed by atoms with Gasteiger partial charge in [0.15, 0.2) is 0 Å². The number of hydrogen-bond acceptors (Lipinski definition) is 4. The van der Waals surface area contributed by atoms with Gasteiger partial charge in [-0.15, -0.1) is 23.1 Å². The van der Waals surface area contributed by atoms with Crippen LogP contribution in [0.5, 0.6) is 0 Å². The number of aromatic nitrogens is 1. The SMILES string of the molecule is c1cc(C2=NCCS2)cc(-c2nccs2)c1. The van der Waals surface area contributed by atoms with Crippen LogP contribution in [0.15, 0.2) is 40.8 Å². The molecule has 4 heteroatoms. The zero-order valence-corrected chi connectivity index (χ0v) is 10.2. The monoisotopic (exact) mass is 246 g/mol. The Morgan fingerprint density at radius 2 is 2.12 bits per heavy atom. The molecule has 2 heterocycles. The third-order valence-electron chi connectivity index (χ3n) is 2.37. The molecule has 0 radical (unpaired) electrons. The summed E-state index contributed by atoms with van der Waals surface area (Å²) in [7, 11) is 0. The normalized spacial score (nSPS) is 15.1. The second kappa shape index (κ2) is 4.39. The van der Waals surface area contributed by atoms with E-state index in [-0.39, 0.29) is 0 Å². The molecule has 0 bridgehead atoms. The Hall–Kier alpha value is -1.13. The van der Waals surface area contributed by atoms with Gasteiger partial charge in [0.1, 0.15) is 5.01 Å². The molecule has 0 amide bonds. The summed E-state index contributed by atoms with van der Waals surface area (Å²) in [6.07, 6.45) is 1.84. The maximum Gasteiger partial charge on any atom is 0.123 e. The Kier molecular flexibility index (Phi) is 2.76. The van der Waals surface area contributed by atoms with Crippen molar-refractivity contribution in [1.29, 1.82) is 0 Å². The molecule has 3 rings (SSSR count). The largest absolute Gasteiger partial charge is 0.277 e. The van der Waals surface area contributed by atoms with Gasteiger partial charge in [0.25, 0.3) is 0 Å². The van der Waals surface area contributed by atoms with Crippen LogP contribution in [0.4, 0.5) is 0 Å². The molecule has 1 aromatic heterocycles. The highest BCUT2D eigenvalue weighted by Crippen LogP contribution is 2.25. The third-order valence-corrected chi connectivity index (χ3v) is 4.22. The Labute approximate surface area is 102 Å². The minimum absolute atomic E-state index is 0.946. The fourth-order valence-electron chi connectivity index (χ4n) is 1.66. The summed E-state index contributed by atoms with van der Waals surface area (Å²) < 4.78 is 0. The van der Waals surface area contributed by atoms with Crippen molar-refractivity contribution in [3.05, 3.63) is 41.4 Å². The van der Waals surface area contributed by atoms with E-state index in [0.717, 1.165) is 17.3 Å². The van der Waals surface area contributed by atoms with Gasteiger partial charge < -0.3 is 0 Å². The average molecular weight is 246 g/mol. The molecule has 0 unspecified atom stereocenters. The first kappa shape index (κ1) is 10.1. The van der Waals surface area contributed by atoms with E-state index >= 15 is 0 Å². The standard InChI is InChI=1S/C12H10N2S2/c1-2-9(11-13-4-6-15-11)8-10(3-1)12-14-5-7-16-12/h1-4,6,8H,5,7H2. The van der Waals surface area contributed by atoms with Crippen molar-refractivity contribution in [3.63, 3.8) is 0 Å². The van der Waals surface area contributed by atoms with Crippen LogP contribution in [0, 0.1) is 0 Å². The molecule has 1 aliphatic rings. The topological polar surface area (TPSA) is 25.2 Å². The van der Waals surface area contributed by atoms with Gasteiger partial charge in [0, 0.05) is 35.0 Å². The van der Waals surface area contributed by atoms with Gasteiger partial charge in [-0.2, -0.15) is 0 Å². The summed E-state index contributed by atoms with van der Waals surface area (Å²) in [5, 5.41) is 4.24. The lowest BCUT2D eigenvalue weighted by Crippen LogP contribution is -1.91. The molecule has 2 nitrogen and oxygen atoms in total. The Bertz CT molecular complexity index is 518. The average Bonchev–Trinajstić information content (AvgIpc) is 3.03. The van der Waals surface area contributed by atoms with Crippen LogP contribution in [0.25, 0.3) is 10.6 Å². The zero-order chi connectivity index (χ0) is 10.8. The van der Waals surface area contributed by atoms with Crippen LogP contribution in [-0.2, 0) is 0 Å². The maximum atomic E-state index is 4.49. The van der Waals surface area contributed by atoms with Crippen molar-refractivity contribution in [1.82, 2.24) is 4.98 Å². The summed E-state index contributed by atoms with van der Waals surface area (Å²) in [5.74, 6) is 1.11. The summed E-state index contributed by atoms with van der Waals surface area (Å²) in [6, 6.07) is 8.47. The molecule has 1 aliphatic heterocycles. The molecule has 80 valence electrons. The third kappa shape index (κ3) is 1.90. The molecule has 16 heavy (non-hydrogen) atoms. The number of hydrogen-bond donors (Lipinski definition) is 0. The summed E-state index contributed by atoms with van der Waals surface area (Å²) >= 11 is 3.50. The second-order valence-corrected chi connectivity index (χ2v) is 5.43. The first-order valence-electron chi connectivity index (χ1n) is 5.11. The number of rotatable bonds is 2. The van der Waals surface area contributed by atoms with Crippen LogP contribution in [-0.4, -0.2) is 22.3 Å². The highest BCUT2D eigenvalue weighted by atomic mass is 32.2. The Morgan fingerprint density at radius 3 is 2.88 bits per heavy atom. The van der Waals surface area contributed by atoms with Crippen molar-refractivity contribution in [2.24, 2.45) is 4.99 Å². The summed E-state index contributed by atoms with van der Waals surface area (Å²) in [4.78, 5) is 8.82. The van der Waals surface area contributed by atoms with E-state index in [2.05, 4.69) is 34.2 Å². The van der Waals surface area contributed by atoms with Crippen molar-refractivity contribution in [2.75, 3.05) is 12.3 Å². The summed E-state index contributed by atoms with van der Waals surface area (Å²) in [6.45, 7) is 0.946. The number of thioether (sulfide) groups is 1. The molecular formula is C12H10N2S2. The minimum Gasteiger partial charge on any atom is -0.277 e. The molecule has 0 saturated heterocycles. The summed E-state index contributed by atoms with van der Waals surface area (Å²) in [5.41, 5.74) is 2.40. The number of benzene rings is 1. The van der Waals surface area contributed by atoms with Crippen LogP contribution in [0.2, 0.25) is 0 Å². The highest BCUT2D eigenvalue weighted by molar-refractivity contribution is 8.14. The molecule has 0 aliphatic carbocycles. The van der Waals surface area contributed by atoms with Crippen molar-refractivity contribution in [2.45, 2.75) is 0 Å². The van der Waals surface area contributed by atoms with Gasteiger partial charge in [-0.25, -0.2) is 4.98 Å². The molecule has 0 fully saturated rings. The minimum atomic E-state index is 0.946. The highest BCUT2D eigenvalue weighted by Gasteiger charge is 2.10. The van der Waals surface area contributed by atoms with E-state index in [1.54, 1.807) is 11.3 Å². The van der Waals surface area contributed by atoms with E-state index in [0.29, 0.717) is 0 Å². The number of aliphatic imine (C=N–C) groups is 1. The van der Waals surface area contributed by atoms with E-state index in [1.165, 1.54) is 16.2 Å². The lowest BCUT2D eigenvalue weighted by molar-refractivity contribution is 1.17. The van der Waals surface area contributed by atoms with Crippen LogP contribution in [0.1, 0.15) is 5.56 Å². The molecule has 0 atom stereocenters. The number of thiazole rings is 1. The quantitative estimate of drug-likeness (QED) is 0.812. The fourth-order valence-corrected chi connectivity index (χ4v) is 3.15. The number of nitrogens with zero attached hydrogens (tertiary/aromatic N) is 2. The second-order valence-electron chi connectivity index (χ2n) is 3.45. The predicted octanol–water partition coefficient (Wildman–Crippen LogP) is 3.30. The predicted molar refractivity (Wildman–Crippen MR) is 71.4 cm³/mol. The molecule has 0 saturated carbocycles. The van der Waals surface area contributed by atoms with Crippen LogP contribution < -0.4 is 0 Å². The molecule has 0 spiro atoms. The van der Waals surface area contributed by atoms with Gasteiger partial charge in [-0.05, 0) is 6.07 Å². The lowest BCUT2D eigenvalue weighted by atomic mass is 10.1. The fraction of sp³-hybridized carbons (Fsp3) is 0.167. The molecular weight excluding hydrogens is 236 g/mol. The lowest BCUT2D eigenvalue weighted by Gasteiger charge is -2.02. The molecule has 1 aromatic carbocycles. The van der Waals surface area contributed by atoms with Gasteiger partial charge >= 0.3 is 0 Å².